The van der Waals surface area contributed by atoms with Crippen LogP contribution in [0.1, 0.15) is 52.2 Å². The summed E-state index contributed by atoms with van der Waals surface area (Å²) in [5, 5.41) is 0. The molecule has 0 unspecified atom stereocenters. The predicted molar refractivity (Wildman–Crippen MR) is 130 cm³/mol. The van der Waals surface area contributed by atoms with E-state index in [2.05, 4.69) is 12.1 Å². The fourth-order valence-electron chi connectivity index (χ4n) is 5.18. The van der Waals surface area contributed by atoms with Gasteiger partial charge in [-0.2, -0.15) is 0 Å². The zero-order chi connectivity index (χ0) is 23.8. The van der Waals surface area contributed by atoms with E-state index >= 15 is 0 Å². The van der Waals surface area contributed by atoms with Gasteiger partial charge < -0.3 is 4.74 Å². The highest BCUT2D eigenvalue weighted by atomic mass is 16.5. The standard InChI is InChI=1S/C29H27NO4/c1-18-11-13-24(15-19(18)2)34-29(33)22-9-6-10-23(16-22)30-27(31)25-14-12-21(17-26(25)28(30)32)20-7-4-3-5-8-20/h3-11,13,15-16,21,25-26H,12,14,17H2,1-2H3/t21-,25+,26+/m1/s1. The van der Waals surface area contributed by atoms with Gasteiger partial charge in [-0.05, 0) is 86.1 Å². The summed E-state index contributed by atoms with van der Waals surface area (Å²) >= 11 is 0. The number of nitrogens with zero attached hydrogens (tertiary/aromatic N) is 1. The van der Waals surface area contributed by atoms with Crippen LogP contribution in [0.25, 0.3) is 0 Å². The van der Waals surface area contributed by atoms with Crippen molar-refractivity contribution in [1.82, 2.24) is 0 Å². The topological polar surface area (TPSA) is 63.7 Å². The number of esters is 1. The highest BCUT2D eigenvalue weighted by molar-refractivity contribution is 6.22. The molecule has 3 aromatic carbocycles. The van der Waals surface area contributed by atoms with Gasteiger partial charge in [-0.15, -0.1) is 0 Å². The maximum absolute atomic E-state index is 13.4. The number of hydrogen-bond acceptors (Lipinski definition) is 4. The molecule has 0 N–H and O–H groups in total. The number of carbonyl (C=O) groups excluding carboxylic acids is 3. The Morgan fingerprint density at radius 2 is 1.59 bits per heavy atom. The number of carbonyl (C=O) groups is 3. The van der Waals surface area contributed by atoms with E-state index in [1.54, 1.807) is 30.3 Å². The van der Waals surface area contributed by atoms with Crippen LogP contribution in [0.5, 0.6) is 5.75 Å². The third-order valence-corrected chi connectivity index (χ3v) is 7.23. The van der Waals surface area contributed by atoms with Gasteiger partial charge in [0.25, 0.3) is 0 Å². The summed E-state index contributed by atoms with van der Waals surface area (Å²) < 4.78 is 5.54. The van der Waals surface area contributed by atoms with E-state index in [1.807, 2.05) is 44.2 Å². The minimum Gasteiger partial charge on any atom is -0.423 e. The van der Waals surface area contributed by atoms with E-state index in [1.165, 1.54) is 10.5 Å². The summed E-state index contributed by atoms with van der Waals surface area (Å²) in [5.41, 5.74) is 4.09. The molecule has 5 heteroatoms. The normalized spacial score (nSPS) is 21.9. The van der Waals surface area contributed by atoms with Gasteiger partial charge >= 0.3 is 5.97 Å². The van der Waals surface area contributed by atoms with Crippen LogP contribution in [-0.4, -0.2) is 17.8 Å². The monoisotopic (exact) mass is 453 g/mol. The molecule has 1 aliphatic carbocycles. The van der Waals surface area contributed by atoms with Crippen LogP contribution in [0.2, 0.25) is 0 Å². The molecule has 2 aliphatic rings. The Morgan fingerprint density at radius 1 is 0.824 bits per heavy atom. The Labute approximate surface area is 199 Å². The summed E-state index contributed by atoms with van der Waals surface area (Å²) in [7, 11) is 0. The van der Waals surface area contributed by atoms with Crippen LogP contribution in [0.3, 0.4) is 0 Å². The van der Waals surface area contributed by atoms with E-state index in [-0.39, 0.29) is 29.6 Å². The van der Waals surface area contributed by atoms with Crippen LogP contribution in [-0.2, 0) is 9.59 Å². The number of benzene rings is 3. The van der Waals surface area contributed by atoms with Gasteiger partial charge in [-0.1, -0.05) is 42.5 Å². The maximum Gasteiger partial charge on any atom is 0.343 e. The van der Waals surface area contributed by atoms with Gasteiger partial charge in [0.1, 0.15) is 5.75 Å². The van der Waals surface area contributed by atoms with Gasteiger partial charge in [0.05, 0.1) is 23.1 Å². The maximum atomic E-state index is 13.4. The van der Waals surface area contributed by atoms with E-state index in [4.69, 9.17) is 4.74 Å². The number of hydrogen-bond donors (Lipinski definition) is 0. The molecule has 0 bridgehead atoms. The molecule has 3 aromatic rings. The Bertz CT molecular complexity index is 1270. The Balaban J connectivity index is 1.35. The summed E-state index contributed by atoms with van der Waals surface area (Å²) in [6, 6.07) is 22.3. The Morgan fingerprint density at radius 3 is 2.35 bits per heavy atom. The van der Waals surface area contributed by atoms with Crippen molar-refractivity contribution < 1.29 is 19.1 Å². The van der Waals surface area contributed by atoms with E-state index in [0.29, 0.717) is 29.8 Å². The van der Waals surface area contributed by atoms with E-state index in [9.17, 15) is 14.4 Å². The predicted octanol–water partition coefficient (Wildman–Crippen LogP) is 5.60. The van der Waals surface area contributed by atoms with Crippen molar-refractivity contribution >= 4 is 23.5 Å². The number of rotatable bonds is 4. The molecule has 5 rings (SSSR count). The molecule has 0 radical (unpaired) electrons. The van der Waals surface area contributed by atoms with Gasteiger partial charge in [-0.25, -0.2) is 4.79 Å². The van der Waals surface area contributed by atoms with Gasteiger partial charge in [0, 0.05) is 0 Å². The third kappa shape index (κ3) is 4.03. The summed E-state index contributed by atoms with van der Waals surface area (Å²) in [5.74, 6) is -0.735. The fourth-order valence-corrected chi connectivity index (χ4v) is 5.18. The van der Waals surface area contributed by atoms with Crippen molar-refractivity contribution in [2.75, 3.05) is 4.90 Å². The van der Waals surface area contributed by atoms with Crippen molar-refractivity contribution in [2.45, 2.75) is 39.0 Å². The molecule has 1 saturated carbocycles. The number of fused-ring (bicyclic) bond motifs is 1. The molecule has 3 atom stereocenters. The smallest absolute Gasteiger partial charge is 0.343 e. The fraction of sp³-hybridized carbons (Fsp3) is 0.276. The van der Waals surface area contributed by atoms with Crippen LogP contribution in [0.15, 0.2) is 72.8 Å². The molecule has 5 nitrogen and oxygen atoms in total. The first-order valence-corrected chi connectivity index (χ1v) is 11.7. The van der Waals surface area contributed by atoms with Crippen LogP contribution >= 0.6 is 0 Å². The number of aryl methyl sites for hydroxylation is 2. The first-order chi connectivity index (χ1) is 16.4. The molecule has 1 saturated heterocycles. The van der Waals surface area contributed by atoms with Crippen molar-refractivity contribution in [3.63, 3.8) is 0 Å². The lowest BCUT2D eigenvalue weighted by molar-refractivity contribution is -0.122. The van der Waals surface area contributed by atoms with Crippen LogP contribution in [0.4, 0.5) is 5.69 Å². The lowest BCUT2D eigenvalue weighted by Gasteiger charge is -2.28. The van der Waals surface area contributed by atoms with Crippen molar-refractivity contribution in [3.8, 4) is 5.75 Å². The second-order valence-electron chi connectivity index (χ2n) is 9.33. The van der Waals surface area contributed by atoms with Crippen molar-refractivity contribution in [3.05, 3.63) is 95.1 Å². The molecule has 2 fully saturated rings. The van der Waals surface area contributed by atoms with Crippen molar-refractivity contribution in [1.29, 1.82) is 0 Å². The second kappa shape index (κ2) is 8.90. The molecular weight excluding hydrogens is 426 g/mol. The van der Waals surface area contributed by atoms with Crippen LogP contribution < -0.4 is 9.64 Å². The Kier molecular flexibility index (Phi) is 5.78. The van der Waals surface area contributed by atoms with Gasteiger partial charge in [0.15, 0.2) is 0 Å². The number of ether oxygens (including phenoxy) is 1. The highest BCUT2D eigenvalue weighted by Crippen LogP contribution is 2.45. The third-order valence-electron chi connectivity index (χ3n) is 7.23. The lowest BCUT2D eigenvalue weighted by Crippen LogP contribution is -2.31. The SMILES string of the molecule is Cc1ccc(OC(=O)c2cccc(N3C(=O)[C@H]4CC[C@@H](c5ccccc5)C[C@@H]4C3=O)c2)cc1C. The molecule has 34 heavy (non-hydrogen) atoms. The first-order valence-electron chi connectivity index (χ1n) is 11.7. The number of anilines is 1. The van der Waals surface area contributed by atoms with Gasteiger partial charge in [-0.3, -0.25) is 14.5 Å². The molecular formula is C29H27NO4. The minimum atomic E-state index is -0.522. The van der Waals surface area contributed by atoms with E-state index in [0.717, 1.165) is 17.5 Å². The van der Waals surface area contributed by atoms with Crippen LogP contribution in [0, 0.1) is 25.7 Å². The minimum absolute atomic E-state index is 0.166. The number of imide groups is 1. The highest BCUT2D eigenvalue weighted by Gasteiger charge is 2.50. The largest absolute Gasteiger partial charge is 0.423 e. The zero-order valence-electron chi connectivity index (χ0n) is 19.4. The number of amides is 2. The summed E-state index contributed by atoms with van der Waals surface area (Å²) in [6.07, 6.45) is 2.25. The molecule has 0 aromatic heterocycles. The lowest BCUT2D eigenvalue weighted by atomic mass is 9.73. The summed E-state index contributed by atoms with van der Waals surface area (Å²) in [6.45, 7) is 3.95. The molecule has 2 amide bonds. The molecule has 172 valence electrons. The average Bonchev–Trinajstić information content (AvgIpc) is 3.11. The zero-order valence-corrected chi connectivity index (χ0v) is 19.4. The molecule has 0 spiro atoms. The molecule has 1 heterocycles. The molecule has 1 aliphatic heterocycles. The quantitative estimate of drug-likeness (QED) is 0.293. The van der Waals surface area contributed by atoms with E-state index < -0.39 is 5.97 Å². The van der Waals surface area contributed by atoms with Gasteiger partial charge in [0.2, 0.25) is 11.8 Å². The van der Waals surface area contributed by atoms with Crippen molar-refractivity contribution in [2.24, 2.45) is 11.8 Å². The summed E-state index contributed by atoms with van der Waals surface area (Å²) in [4.78, 5) is 40.6. The Hall–Kier alpha value is -3.73. The second-order valence-corrected chi connectivity index (χ2v) is 9.33. The first kappa shape index (κ1) is 22.1. The average molecular weight is 454 g/mol.